The molecule has 0 saturated carbocycles. The van der Waals surface area contributed by atoms with Crippen molar-refractivity contribution in [2.45, 2.75) is 18.9 Å². The molecule has 0 radical (unpaired) electrons. The molecule has 2 heterocycles. The van der Waals surface area contributed by atoms with E-state index in [1.165, 1.54) is 13.0 Å². The van der Waals surface area contributed by atoms with E-state index in [2.05, 4.69) is 5.32 Å². The minimum atomic E-state index is -1.54. The van der Waals surface area contributed by atoms with E-state index >= 15 is 0 Å². The zero-order chi connectivity index (χ0) is 21.6. The monoisotopic (exact) mass is 413 g/mol. The van der Waals surface area contributed by atoms with Crippen molar-refractivity contribution >= 4 is 23.8 Å². The Kier molecular flexibility index (Phi) is 4.60. The molecule has 1 N–H and O–H groups in total. The molecule has 2 aromatic carbocycles. The number of urea groups is 1. The van der Waals surface area contributed by atoms with Crippen molar-refractivity contribution in [2.24, 2.45) is 0 Å². The third-order valence-corrected chi connectivity index (χ3v) is 5.41. The third-order valence-electron chi connectivity index (χ3n) is 5.41. The molecule has 1 saturated heterocycles. The Balaban J connectivity index is 1.44. The predicted octanol–water partition coefficient (Wildman–Crippen LogP) is 2.42. The summed E-state index contributed by atoms with van der Waals surface area (Å²) in [4.78, 5) is 52.0. The second kappa shape index (κ2) is 7.01. The molecule has 2 aliphatic heterocycles. The van der Waals surface area contributed by atoms with Gasteiger partial charge in [0.15, 0.2) is 11.6 Å². The van der Waals surface area contributed by atoms with Gasteiger partial charge < -0.3 is 5.32 Å². The van der Waals surface area contributed by atoms with E-state index in [1.54, 1.807) is 24.3 Å². The van der Waals surface area contributed by atoms with Gasteiger partial charge in [0.05, 0.1) is 11.1 Å². The molecule has 2 aliphatic rings. The van der Waals surface area contributed by atoms with Crippen LogP contribution in [0.4, 0.5) is 13.6 Å². The first kappa shape index (κ1) is 19.7. The van der Waals surface area contributed by atoms with Crippen LogP contribution in [0.2, 0.25) is 0 Å². The predicted molar refractivity (Wildman–Crippen MR) is 100 cm³/mol. The minimum Gasteiger partial charge on any atom is -0.319 e. The molecule has 0 bridgehead atoms. The summed E-state index contributed by atoms with van der Waals surface area (Å²) in [5, 5.41) is 2.50. The van der Waals surface area contributed by atoms with Crippen molar-refractivity contribution in [3.8, 4) is 0 Å². The molecule has 1 unspecified atom stereocenters. The van der Waals surface area contributed by atoms with E-state index < -0.39 is 40.9 Å². The first-order valence-electron chi connectivity index (χ1n) is 9.29. The Bertz CT molecular complexity index is 1070. The first-order chi connectivity index (χ1) is 14.2. The molecular formula is C21H17F2N3O4. The number of hydrogen-bond acceptors (Lipinski definition) is 4. The Hall–Kier alpha value is -3.62. The number of rotatable bonds is 5. The maximum Gasteiger partial charge on any atom is 0.325 e. The van der Waals surface area contributed by atoms with Gasteiger partial charge in [-0.15, -0.1) is 0 Å². The fraction of sp³-hybridized carbons (Fsp3) is 0.238. The van der Waals surface area contributed by atoms with Gasteiger partial charge in [-0.2, -0.15) is 0 Å². The highest BCUT2D eigenvalue weighted by Crippen LogP contribution is 2.30. The minimum absolute atomic E-state index is 0.0330. The average molecular weight is 413 g/mol. The van der Waals surface area contributed by atoms with Gasteiger partial charge in [-0.3, -0.25) is 24.2 Å². The van der Waals surface area contributed by atoms with Crippen molar-refractivity contribution in [3.63, 3.8) is 0 Å². The number of amides is 5. The summed E-state index contributed by atoms with van der Waals surface area (Å²) >= 11 is 0. The number of nitrogens with one attached hydrogen (secondary N) is 1. The van der Waals surface area contributed by atoms with Gasteiger partial charge in [-0.05, 0) is 43.2 Å². The van der Waals surface area contributed by atoms with E-state index in [0.717, 1.165) is 21.9 Å². The molecule has 0 spiro atoms. The molecule has 0 aliphatic carbocycles. The van der Waals surface area contributed by atoms with Crippen LogP contribution in [0.15, 0.2) is 42.5 Å². The summed E-state index contributed by atoms with van der Waals surface area (Å²) in [6.07, 6.45) is 0.179. The summed E-state index contributed by atoms with van der Waals surface area (Å²) in [6.45, 7) is 1.40. The van der Waals surface area contributed by atoms with Gasteiger partial charge in [0.25, 0.3) is 17.7 Å². The van der Waals surface area contributed by atoms with E-state index in [1.807, 2.05) is 0 Å². The average Bonchev–Trinajstić information content (AvgIpc) is 3.10. The van der Waals surface area contributed by atoms with Crippen LogP contribution in [0.25, 0.3) is 0 Å². The fourth-order valence-corrected chi connectivity index (χ4v) is 3.73. The van der Waals surface area contributed by atoms with E-state index in [9.17, 15) is 28.0 Å². The number of carbonyl (C=O) groups is 4. The van der Waals surface area contributed by atoms with Crippen LogP contribution < -0.4 is 5.32 Å². The smallest absolute Gasteiger partial charge is 0.319 e. The molecule has 30 heavy (non-hydrogen) atoms. The lowest BCUT2D eigenvalue weighted by Gasteiger charge is -2.22. The number of carbonyl (C=O) groups excluding carboxylic acids is 4. The lowest BCUT2D eigenvalue weighted by Crippen LogP contribution is -2.41. The summed E-state index contributed by atoms with van der Waals surface area (Å²) < 4.78 is 26.8. The Labute approximate surface area is 170 Å². The first-order valence-corrected chi connectivity index (χ1v) is 9.29. The number of benzene rings is 2. The third kappa shape index (κ3) is 2.94. The van der Waals surface area contributed by atoms with Gasteiger partial charge in [0.1, 0.15) is 5.54 Å². The molecule has 7 nitrogen and oxygen atoms in total. The Morgan fingerprint density at radius 2 is 1.47 bits per heavy atom. The Morgan fingerprint density at radius 1 is 0.867 bits per heavy atom. The lowest BCUT2D eigenvalue weighted by atomic mass is 9.92. The maximum absolute atomic E-state index is 13.6. The van der Waals surface area contributed by atoms with Gasteiger partial charge in [0.2, 0.25) is 0 Å². The second-order valence-electron chi connectivity index (χ2n) is 7.30. The summed E-state index contributed by atoms with van der Waals surface area (Å²) in [7, 11) is 0. The van der Waals surface area contributed by atoms with Crippen LogP contribution in [0.1, 0.15) is 39.6 Å². The Morgan fingerprint density at radius 3 is 2.07 bits per heavy atom. The molecular weight excluding hydrogens is 396 g/mol. The number of imide groups is 2. The quantitative estimate of drug-likeness (QED) is 0.603. The molecule has 0 aromatic heterocycles. The summed E-state index contributed by atoms with van der Waals surface area (Å²) in [6, 6.07) is 8.78. The molecule has 1 fully saturated rings. The molecule has 2 aromatic rings. The van der Waals surface area contributed by atoms with Gasteiger partial charge in [-0.25, -0.2) is 13.6 Å². The normalized spacial score (nSPS) is 20.8. The number of fused-ring (bicyclic) bond motifs is 1. The molecule has 4 rings (SSSR count). The van der Waals surface area contributed by atoms with Gasteiger partial charge in [0, 0.05) is 13.1 Å². The molecule has 1 atom stereocenters. The van der Waals surface area contributed by atoms with E-state index in [-0.39, 0.29) is 25.1 Å². The van der Waals surface area contributed by atoms with Crippen LogP contribution in [0.5, 0.6) is 0 Å². The molecule has 154 valence electrons. The molecule has 5 amide bonds. The van der Waals surface area contributed by atoms with E-state index in [4.69, 9.17) is 0 Å². The number of hydrogen-bond donors (Lipinski definition) is 1. The molecule has 9 heteroatoms. The van der Waals surface area contributed by atoms with E-state index in [0.29, 0.717) is 11.1 Å². The highest BCUT2D eigenvalue weighted by atomic mass is 19.2. The van der Waals surface area contributed by atoms with Crippen molar-refractivity contribution in [2.75, 3.05) is 13.1 Å². The summed E-state index contributed by atoms with van der Waals surface area (Å²) in [5.41, 5.74) is -0.782. The van der Waals surface area contributed by atoms with Crippen LogP contribution in [-0.2, 0) is 10.3 Å². The van der Waals surface area contributed by atoms with Crippen molar-refractivity contribution in [3.05, 3.63) is 70.8 Å². The number of halogens is 2. The van der Waals surface area contributed by atoms with Crippen molar-refractivity contribution in [1.82, 2.24) is 15.1 Å². The largest absolute Gasteiger partial charge is 0.325 e. The van der Waals surface area contributed by atoms with Crippen LogP contribution >= 0.6 is 0 Å². The second-order valence-corrected chi connectivity index (χ2v) is 7.30. The standard InChI is InChI=1S/C21H17F2N3O4/c1-21(12-7-8-15(22)16(23)11-12)19(29)26(20(30)24-21)10-4-9-25-17(27)13-5-2-3-6-14(13)18(25)28/h2-3,5-8,11H,4,9-10H2,1H3,(H,24,30). The van der Waals surface area contributed by atoms with Crippen molar-refractivity contribution in [1.29, 1.82) is 0 Å². The van der Waals surface area contributed by atoms with Crippen LogP contribution in [0.3, 0.4) is 0 Å². The van der Waals surface area contributed by atoms with Gasteiger partial charge >= 0.3 is 6.03 Å². The fourth-order valence-electron chi connectivity index (χ4n) is 3.73. The highest BCUT2D eigenvalue weighted by Gasteiger charge is 2.49. The van der Waals surface area contributed by atoms with Crippen LogP contribution in [-0.4, -0.2) is 46.6 Å². The highest BCUT2D eigenvalue weighted by molar-refractivity contribution is 6.21. The lowest BCUT2D eigenvalue weighted by molar-refractivity contribution is -0.131. The SMILES string of the molecule is CC1(c2ccc(F)c(F)c2)NC(=O)N(CCCN2C(=O)c3ccccc3C2=O)C1=O. The number of nitrogens with zero attached hydrogens (tertiary/aromatic N) is 2. The zero-order valence-corrected chi connectivity index (χ0v) is 15.9. The maximum atomic E-state index is 13.6. The topological polar surface area (TPSA) is 86.8 Å². The zero-order valence-electron chi connectivity index (χ0n) is 15.9. The summed E-state index contributed by atoms with van der Waals surface area (Å²) in [5.74, 6) is -3.64. The van der Waals surface area contributed by atoms with Crippen LogP contribution in [0, 0.1) is 11.6 Å². The van der Waals surface area contributed by atoms with Crippen molar-refractivity contribution < 1.29 is 28.0 Å². The van der Waals surface area contributed by atoms with Gasteiger partial charge in [-0.1, -0.05) is 18.2 Å².